The molecular weight excluding hydrogens is 228 g/mol. The lowest BCUT2D eigenvalue weighted by atomic mass is 10.1. The highest BCUT2D eigenvalue weighted by Gasteiger charge is 2.05. The molecule has 1 atom stereocenters. The van der Waals surface area contributed by atoms with Crippen molar-refractivity contribution in [3.05, 3.63) is 29.8 Å². The monoisotopic (exact) mass is 250 g/mol. The molecule has 0 heterocycles. The van der Waals surface area contributed by atoms with Crippen LogP contribution in [-0.4, -0.2) is 25.7 Å². The van der Waals surface area contributed by atoms with Crippen LogP contribution in [-0.2, 0) is 6.42 Å². The molecule has 2 amide bonds. The maximum atomic E-state index is 11.5. The number of amides is 2. The Balaban J connectivity index is 2.35. The normalized spacial score (nSPS) is 11.7. The molecule has 0 aromatic heterocycles. The third-order valence-electron chi connectivity index (χ3n) is 2.86. The van der Waals surface area contributed by atoms with Gasteiger partial charge in [-0.15, -0.1) is 0 Å². The van der Waals surface area contributed by atoms with Crippen LogP contribution in [0, 0.1) is 0 Å². The van der Waals surface area contributed by atoms with Crippen LogP contribution < -0.4 is 15.4 Å². The van der Waals surface area contributed by atoms with Gasteiger partial charge in [-0.2, -0.15) is 0 Å². The van der Waals surface area contributed by atoms with Crippen LogP contribution >= 0.6 is 0 Å². The topological polar surface area (TPSA) is 50.4 Å². The lowest BCUT2D eigenvalue weighted by Gasteiger charge is -2.13. The van der Waals surface area contributed by atoms with E-state index in [-0.39, 0.29) is 12.1 Å². The molecule has 2 N–H and O–H groups in total. The maximum absolute atomic E-state index is 11.5. The second kappa shape index (κ2) is 7.58. The first kappa shape index (κ1) is 14.4. The van der Waals surface area contributed by atoms with E-state index in [9.17, 15) is 4.79 Å². The van der Waals surface area contributed by atoms with Crippen molar-refractivity contribution in [1.82, 2.24) is 10.6 Å². The first-order valence-corrected chi connectivity index (χ1v) is 6.33. The van der Waals surface area contributed by atoms with Crippen LogP contribution in [0.4, 0.5) is 4.79 Å². The molecule has 0 spiro atoms. The van der Waals surface area contributed by atoms with Crippen molar-refractivity contribution in [2.24, 2.45) is 0 Å². The Kier molecular flexibility index (Phi) is 6.05. The minimum Gasteiger partial charge on any atom is -0.496 e. The van der Waals surface area contributed by atoms with Gasteiger partial charge in [-0.3, -0.25) is 0 Å². The first-order valence-electron chi connectivity index (χ1n) is 6.33. The van der Waals surface area contributed by atoms with Crippen molar-refractivity contribution < 1.29 is 9.53 Å². The van der Waals surface area contributed by atoms with Crippen LogP contribution in [0.15, 0.2) is 24.3 Å². The van der Waals surface area contributed by atoms with Crippen molar-refractivity contribution in [2.75, 3.05) is 13.7 Å². The Morgan fingerprint density at radius 1 is 1.39 bits per heavy atom. The maximum Gasteiger partial charge on any atom is 0.315 e. The molecule has 1 aromatic rings. The van der Waals surface area contributed by atoms with Gasteiger partial charge in [-0.05, 0) is 31.4 Å². The van der Waals surface area contributed by atoms with Gasteiger partial charge in [-0.25, -0.2) is 4.79 Å². The zero-order valence-corrected chi connectivity index (χ0v) is 11.3. The molecule has 1 rings (SSSR count). The van der Waals surface area contributed by atoms with Gasteiger partial charge >= 0.3 is 6.03 Å². The molecule has 1 aromatic carbocycles. The molecule has 0 fully saturated rings. The molecular formula is C14H22N2O2. The van der Waals surface area contributed by atoms with E-state index in [1.165, 1.54) is 0 Å². The number of hydrogen-bond acceptors (Lipinski definition) is 2. The number of hydrogen-bond donors (Lipinski definition) is 2. The van der Waals surface area contributed by atoms with E-state index < -0.39 is 0 Å². The molecule has 1 unspecified atom stereocenters. The fourth-order valence-electron chi connectivity index (χ4n) is 1.60. The second-order valence-electron chi connectivity index (χ2n) is 4.27. The van der Waals surface area contributed by atoms with Gasteiger partial charge in [0.2, 0.25) is 0 Å². The number of rotatable bonds is 6. The van der Waals surface area contributed by atoms with Gasteiger partial charge in [0.1, 0.15) is 5.75 Å². The summed E-state index contributed by atoms with van der Waals surface area (Å²) in [6.45, 7) is 4.63. The van der Waals surface area contributed by atoms with Crippen molar-refractivity contribution >= 4 is 6.03 Å². The SMILES string of the molecule is CCC(C)NC(=O)NCCc1ccccc1OC. The van der Waals surface area contributed by atoms with Crippen LogP contribution in [0.5, 0.6) is 5.75 Å². The number of urea groups is 1. The number of methoxy groups -OCH3 is 1. The van der Waals surface area contributed by atoms with Crippen LogP contribution in [0.25, 0.3) is 0 Å². The Morgan fingerprint density at radius 2 is 2.11 bits per heavy atom. The molecule has 18 heavy (non-hydrogen) atoms. The minimum atomic E-state index is -0.112. The smallest absolute Gasteiger partial charge is 0.315 e. The van der Waals surface area contributed by atoms with Gasteiger partial charge in [0.25, 0.3) is 0 Å². The number of nitrogens with one attached hydrogen (secondary N) is 2. The van der Waals surface area contributed by atoms with Crippen LogP contribution in [0.1, 0.15) is 25.8 Å². The average Bonchev–Trinajstić information content (AvgIpc) is 2.39. The lowest BCUT2D eigenvalue weighted by Crippen LogP contribution is -2.41. The number of benzene rings is 1. The van der Waals surface area contributed by atoms with Gasteiger partial charge in [0.15, 0.2) is 0 Å². The summed E-state index contributed by atoms with van der Waals surface area (Å²) in [6, 6.07) is 7.93. The highest BCUT2D eigenvalue weighted by atomic mass is 16.5. The van der Waals surface area contributed by atoms with Crippen LogP contribution in [0.2, 0.25) is 0 Å². The Hall–Kier alpha value is -1.71. The Bertz CT molecular complexity index is 380. The van der Waals surface area contributed by atoms with Gasteiger partial charge in [-0.1, -0.05) is 25.1 Å². The molecule has 4 nitrogen and oxygen atoms in total. The molecule has 0 saturated carbocycles. The predicted octanol–water partition coefficient (Wildman–Crippen LogP) is 2.34. The van der Waals surface area contributed by atoms with Crippen molar-refractivity contribution in [3.63, 3.8) is 0 Å². The number of ether oxygens (including phenoxy) is 1. The van der Waals surface area contributed by atoms with Crippen molar-refractivity contribution in [1.29, 1.82) is 0 Å². The van der Waals surface area contributed by atoms with E-state index in [4.69, 9.17) is 4.74 Å². The zero-order valence-electron chi connectivity index (χ0n) is 11.3. The summed E-state index contributed by atoms with van der Waals surface area (Å²) in [4.78, 5) is 11.5. The standard InChI is InChI=1S/C14H22N2O2/c1-4-11(2)16-14(17)15-10-9-12-7-5-6-8-13(12)18-3/h5-8,11H,4,9-10H2,1-3H3,(H2,15,16,17). The molecule has 0 aliphatic heterocycles. The van der Waals surface area contributed by atoms with Crippen LogP contribution in [0.3, 0.4) is 0 Å². The quantitative estimate of drug-likeness (QED) is 0.814. The third kappa shape index (κ3) is 4.65. The summed E-state index contributed by atoms with van der Waals surface area (Å²) in [6.07, 6.45) is 1.69. The second-order valence-corrected chi connectivity index (χ2v) is 4.27. The summed E-state index contributed by atoms with van der Waals surface area (Å²) in [5, 5.41) is 5.71. The lowest BCUT2D eigenvalue weighted by molar-refractivity contribution is 0.237. The minimum absolute atomic E-state index is 0.112. The van der Waals surface area contributed by atoms with E-state index in [2.05, 4.69) is 10.6 Å². The molecule has 0 bridgehead atoms. The number of para-hydroxylation sites is 1. The summed E-state index contributed by atoms with van der Waals surface area (Å²) in [7, 11) is 1.65. The zero-order chi connectivity index (χ0) is 13.4. The number of carbonyl (C=O) groups excluding carboxylic acids is 1. The van der Waals surface area contributed by atoms with Gasteiger partial charge in [0.05, 0.1) is 7.11 Å². The van der Waals surface area contributed by atoms with E-state index >= 15 is 0 Å². The predicted molar refractivity (Wildman–Crippen MR) is 73.0 cm³/mol. The summed E-state index contributed by atoms with van der Waals surface area (Å²) in [5.74, 6) is 0.863. The van der Waals surface area contributed by atoms with E-state index in [0.29, 0.717) is 6.54 Å². The molecule has 4 heteroatoms. The van der Waals surface area contributed by atoms with Gasteiger partial charge in [0, 0.05) is 12.6 Å². The summed E-state index contributed by atoms with van der Waals surface area (Å²) < 4.78 is 5.26. The molecule has 0 saturated heterocycles. The Morgan fingerprint density at radius 3 is 2.78 bits per heavy atom. The molecule has 0 aliphatic carbocycles. The third-order valence-corrected chi connectivity index (χ3v) is 2.86. The highest BCUT2D eigenvalue weighted by molar-refractivity contribution is 5.74. The largest absolute Gasteiger partial charge is 0.496 e. The highest BCUT2D eigenvalue weighted by Crippen LogP contribution is 2.17. The van der Waals surface area contributed by atoms with Crippen molar-refractivity contribution in [2.45, 2.75) is 32.7 Å². The first-order chi connectivity index (χ1) is 8.67. The van der Waals surface area contributed by atoms with Crippen molar-refractivity contribution in [3.8, 4) is 5.75 Å². The summed E-state index contributed by atoms with van der Waals surface area (Å²) in [5.41, 5.74) is 1.10. The Labute approximate surface area is 109 Å². The number of carbonyl (C=O) groups is 1. The van der Waals surface area contributed by atoms with E-state index in [1.54, 1.807) is 7.11 Å². The van der Waals surface area contributed by atoms with Gasteiger partial charge < -0.3 is 15.4 Å². The molecule has 0 radical (unpaired) electrons. The van der Waals surface area contributed by atoms with E-state index in [0.717, 1.165) is 24.2 Å². The van der Waals surface area contributed by atoms with E-state index in [1.807, 2.05) is 38.1 Å². The molecule has 100 valence electrons. The molecule has 0 aliphatic rings. The average molecular weight is 250 g/mol. The summed E-state index contributed by atoms with van der Waals surface area (Å²) >= 11 is 0. The fraction of sp³-hybridized carbons (Fsp3) is 0.500. The fourth-order valence-corrected chi connectivity index (χ4v) is 1.60.